The molecule has 0 saturated carbocycles. The molecule has 2 aromatic carbocycles. The van der Waals surface area contributed by atoms with E-state index in [1.54, 1.807) is 0 Å². The maximum atomic E-state index is 13.5. The van der Waals surface area contributed by atoms with E-state index in [-0.39, 0.29) is 23.4 Å². The fourth-order valence-corrected chi connectivity index (χ4v) is 2.14. The monoisotopic (exact) mass is 354 g/mol. The van der Waals surface area contributed by atoms with Crippen LogP contribution in [0.25, 0.3) is 0 Å². The molecule has 132 valence electrons. The van der Waals surface area contributed by atoms with Crippen molar-refractivity contribution in [1.82, 2.24) is 0 Å². The Hall–Kier alpha value is -2.90. The third-order valence-corrected chi connectivity index (χ3v) is 3.18. The Labute approximate surface area is 140 Å². The molecule has 4 nitrogen and oxygen atoms in total. The van der Waals surface area contributed by atoms with Crippen LogP contribution in [0.4, 0.5) is 28.9 Å². The van der Waals surface area contributed by atoms with Gasteiger partial charge in [-0.2, -0.15) is 13.2 Å². The first-order valence-corrected chi connectivity index (χ1v) is 7.18. The highest BCUT2D eigenvalue weighted by atomic mass is 19.4. The molecule has 0 unspecified atom stereocenters. The maximum Gasteiger partial charge on any atom is 0.416 e. The number of alkyl halides is 3. The number of amides is 2. The van der Waals surface area contributed by atoms with Crippen LogP contribution in [0, 0.1) is 5.82 Å². The van der Waals surface area contributed by atoms with Gasteiger partial charge in [0.15, 0.2) is 0 Å². The molecule has 0 fully saturated rings. The van der Waals surface area contributed by atoms with Crippen LogP contribution in [-0.4, -0.2) is 11.8 Å². The summed E-state index contributed by atoms with van der Waals surface area (Å²) in [4.78, 5) is 23.0. The average Bonchev–Trinajstić information content (AvgIpc) is 2.49. The van der Waals surface area contributed by atoms with Crippen LogP contribution in [0.3, 0.4) is 0 Å². The van der Waals surface area contributed by atoms with Crippen molar-refractivity contribution in [2.24, 2.45) is 0 Å². The number of carbonyl (C=O) groups is 2. The summed E-state index contributed by atoms with van der Waals surface area (Å²) in [6.07, 6.45) is -4.77. The second kappa shape index (κ2) is 7.33. The van der Waals surface area contributed by atoms with Gasteiger partial charge < -0.3 is 10.6 Å². The van der Waals surface area contributed by atoms with Crippen molar-refractivity contribution >= 4 is 23.2 Å². The zero-order valence-electron chi connectivity index (χ0n) is 13.1. The van der Waals surface area contributed by atoms with E-state index >= 15 is 0 Å². The molecule has 0 aliphatic carbocycles. The van der Waals surface area contributed by atoms with E-state index in [9.17, 15) is 27.2 Å². The first kappa shape index (κ1) is 18.4. The number of hydrogen-bond acceptors (Lipinski definition) is 2. The van der Waals surface area contributed by atoms with Gasteiger partial charge in [-0.1, -0.05) is 18.2 Å². The molecular formula is C17H14F4N2O2. The zero-order chi connectivity index (χ0) is 18.6. The minimum absolute atomic E-state index is 0.107. The van der Waals surface area contributed by atoms with Gasteiger partial charge in [0.2, 0.25) is 11.8 Å². The lowest BCUT2D eigenvalue weighted by atomic mass is 10.1. The van der Waals surface area contributed by atoms with E-state index in [0.29, 0.717) is 0 Å². The van der Waals surface area contributed by atoms with Crippen molar-refractivity contribution < 1.29 is 27.2 Å². The summed E-state index contributed by atoms with van der Waals surface area (Å²) >= 11 is 0. The SMILES string of the molecule is CC(=O)Nc1cc(NC(=O)Cc2cccc(C(F)(F)F)c2)ccc1F. The Bertz CT molecular complexity index is 803. The van der Waals surface area contributed by atoms with Gasteiger partial charge in [-0.05, 0) is 29.8 Å². The van der Waals surface area contributed by atoms with Crippen molar-refractivity contribution in [1.29, 1.82) is 0 Å². The van der Waals surface area contributed by atoms with Crippen molar-refractivity contribution in [2.45, 2.75) is 19.5 Å². The minimum atomic E-state index is -4.49. The Morgan fingerprint density at radius 1 is 1.04 bits per heavy atom. The lowest BCUT2D eigenvalue weighted by Gasteiger charge is -2.10. The number of nitrogens with one attached hydrogen (secondary N) is 2. The molecule has 2 aromatic rings. The lowest BCUT2D eigenvalue weighted by Crippen LogP contribution is -2.16. The molecule has 0 aromatic heterocycles. The van der Waals surface area contributed by atoms with Gasteiger partial charge in [-0.25, -0.2) is 4.39 Å². The summed E-state index contributed by atoms with van der Waals surface area (Å²) in [6, 6.07) is 8.01. The molecule has 0 radical (unpaired) electrons. The second-order valence-corrected chi connectivity index (χ2v) is 5.30. The smallest absolute Gasteiger partial charge is 0.326 e. The topological polar surface area (TPSA) is 58.2 Å². The molecule has 0 aliphatic rings. The van der Waals surface area contributed by atoms with E-state index in [1.165, 1.54) is 31.2 Å². The Morgan fingerprint density at radius 2 is 1.76 bits per heavy atom. The molecule has 2 amide bonds. The first-order chi connectivity index (χ1) is 11.6. The summed E-state index contributed by atoms with van der Waals surface area (Å²) in [5.41, 5.74) is -0.546. The summed E-state index contributed by atoms with van der Waals surface area (Å²) < 4.78 is 51.5. The quantitative estimate of drug-likeness (QED) is 0.816. The zero-order valence-corrected chi connectivity index (χ0v) is 13.1. The first-order valence-electron chi connectivity index (χ1n) is 7.18. The molecule has 0 aliphatic heterocycles. The fraction of sp³-hybridized carbons (Fsp3) is 0.176. The molecule has 0 saturated heterocycles. The largest absolute Gasteiger partial charge is 0.416 e. The predicted octanol–water partition coefficient (Wildman–Crippen LogP) is 3.98. The second-order valence-electron chi connectivity index (χ2n) is 5.30. The fourth-order valence-electron chi connectivity index (χ4n) is 2.14. The van der Waals surface area contributed by atoms with Crippen LogP contribution in [-0.2, 0) is 22.2 Å². The van der Waals surface area contributed by atoms with Crippen LogP contribution in [0.15, 0.2) is 42.5 Å². The Kier molecular flexibility index (Phi) is 5.41. The third-order valence-electron chi connectivity index (χ3n) is 3.18. The van der Waals surface area contributed by atoms with Crippen LogP contribution in [0.1, 0.15) is 18.1 Å². The Morgan fingerprint density at radius 3 is 2.40 bits per heavy atom. The van der Waals surface area contributed by atoms with Crippen molar-refractivity contribution in [3.05, 3.63) is 59.4 Å². The van der Waals surface area contributed by atoms with E-state index in [0.717, 1.165) is 18.2 Å². The molecule has 0 atom stereocenters. The number of carbonyl (C=O) groups excluding carboxylic acids is 2. The van der Waals surface area contributed by atoms with Crippen molar-refractivity contribution in [3.63, 3.8) is 0 Å². The molecular weight excluding hydrogens is 340 g/mol. The molecule has 0 bridgehead atoms. The maximum absolute atomic E-state index is 13.5. The van der Waals surface area contributed by atoms with E-state index in [2.05, 4.69) is 10.6 Å². The molecule has 0 heterocycles. The summed E-state index contributed by atoms with van der Waals surface area (Å²) in [6.45, 7) is 1.21. The molecule has 25 heavy (non-hydrogen) atoms. The predicted molar refractivity (Wildman–Crippen MR) is 84.5 cm³/mol. The summed E-state index contributed by atoms with van der Waals surface area (Å²) in [5, 5.41) is 4.72. The van der Waals surface area contributed by atoms with Crippen molar-refractivity contribution in [3.8, 4) is 0 Å². The highest BCUT2D eigenvalue weighted by Crippen LogP contribution is 2.29. The van der Waals surface area contributed by atoms with Gasteiger partial charge >= 0.3 is 6.18 Å². The van der Waals surface area contributed by atoms with E-state index in [4.69, 9.17) is 0 Å². The standard InChI is InChI=1S/C17H14F4N2O2/c1-10(24)22-15-9-13(5-6-14(15)18)23-16(25)8-11-3-2-4-12(7-11)17(19,20)21/h2-7,9H,8H2,1H3,(H,22,24)(H,23,25). The summed E-state index contributed by atoms with van der Waals surface area (Å²) in [7, 11) is 0. The van der Waals surface area contributed by atoms with Gasteiger partial charge in [0.25, 0.3) is 0 Å². The van der Waals surface area contributed by atoms with Gasteiger partial charge in [-0.15, -0.1) is 0 Å². The highest BCUT2D eigenvalue weighted by molar-refractivity contribution is 5.94. The number of halogens is 4. The van der Waals surface area contributed by atoms with Crippen LogP contribution in [0.5, 0.6) is 0 Å². The number of hydrogen-bond donors (Lipinski definition) is 2. The van der Waals surface area contributed by atoms with Crippen LogP contribution >= 0.6 is 0 Å². The van der Waals surface area contributed by atoms with E-state index < -0.39 is 29.4 Å². The normalized spacial score (nSPS) is 11.1. The number of benzene rings is 2. The molecule has 2 rings (SSSR count). The van der Waals surface area contributed by atoms with Gasteiger partial charge in [-0.3, -0.25) is 9.59 Å². The number of anilines is 2. The van der Waals surface area contributed by atoms with Crippen molar-refractivity contribution in [2.75, 3.05) is 10.6 Å². The average molecular weight is 354 g/mol. The van der Waals surface area contributed by atoms with Gasteiger partial charge in [0.1, 0.15) is 5.82 Å². The molecule has 8 heteroatoms. The van der Waals surface area contributed by atoms with Gasteiger partial charge in [0, 0.05) is 12.6 Å². The third kappa shape index (κ3) is 5.30. The van der Waals surface area contributed by atoms with Crippen LogP contribution in [0.2, 0.25) is 0 Å². The summed E-state index contributed by atoms with van der Waals surface area (Å²) in [5.74, 6) is -1.72. The van der Waals surface area contributed by atoms with E-state index in [1.807, 2.05) is 0 Å². The Balaban J connectivity index is 2.09. The minimum Gasteiger partial charge on any atom is -0.326 e. The molecule has 0 spiro atoms. The van der Waals surface area contributed by atoms with Crippen LogP contribution < -0.4 is 10.6 Å². The number of rotatable bonds is 4. The molecule has 2 N–H and O–H groups in total. The lowest BCUT2D eigenvalue weighted by molar-refractivity contribution is -0.137. The highest BCUT2D eigenvalue weighted by Gasteiger charge is 2.30. The van der Waals surface area contributed by atoms with Gasteiger partial charge in [0.05, 0.1) is 17.7 Å².